The second-order valence-electron chi connectivity index (χ2n) is 9.09. The number of Topliss-reactive ketones (excluding diaryl/α,β-unsaturated/α-hetero) is 1. The van der Waals surface area contributed by atoms with Crippen LogP contribution in [-0.4, -0.2) is 23.4 Å². The van der Waals surface area contributed by atoms with Gasteiger partial charge < -0.3 is 10.6 Å². The van der Waals surface area contributed by atoms with Gasteiger partial charge >= 0.3 is 0 Å². The van der Waals surface area contributed by atoms with Crippen LogP contribution >= 0.6 is 35.0 Å². The number of nitriles is 1. The number of halogens is 2. The molecule has 0 aliphatic rings. The summed E-state index contributed by atoms with van der Waals surface area (Å²) in [6, 6.07) is 33.1. The van der Waals surface area contributed by atoms with Gasteiger partial charge in [-0.3, -0.25) is 14.4 Å². The number of hydrogen-bond donors (Lipinski definition) is 2. The molecule has 210 valence electrons. The summed E-state index contributed by atoms with van der Waals surface area (Å²) in [6.07, 6.45) is -0.0844. The second-order valence-corrected chi connectivity index (χ2v) is 10.9. The Kier molecular flexibility index (Phi) is 11.0. The number of allylic oxidation sites excluding steroid dienone is 1. The van der Waals surface area contributed by atoms with E-state index >= 15 is 0 Å². The number of thioether (sulfide) groups is 1. The van der Waals surface area contributed by atoms with E-state index in [0.717, 1.165) is 11.8 Å². The lowest BCUT2D eigenvalue weighted by atomic mass is 9.86. The molecule has 0 saturated carbocycles. The summed E-state index contributed by atoms with van der Waals surface area (Å²) in [5, 5.41) is 17.1. The van der Waals surface area contributed by atoms with Crippen LogP contribution < -0.4 is 10.6 Å². The highest BCUT2D eigenvalue weighted by atomic mass is 35.5. The molecule has 0 saturated heterocycles. The Balaban J connectivity index is 1.72. The fourth-order valence-corrected chi connectivity index (χ4v) is 5.40. The van der Waals surface area contributed by atoms with Gasteiger partial charge in [0.2, 0.25) is 5.91 Å². The topological polar surface area (TPSA) is 99.1 Å². The third kappa shape index (κ3) is 8.34. The summed E-state index contributed by atoms with van der Waals surface area (Å²) in [5.41, 5.74) is 2.07. The number of nitrogens with one attached hydrogen (secondary N) is 2. The van der Waals surface area contributed by atoms with E-state index in [-0.39, 0.29) is 34.5 Å². The molecule has 0 fully saturated rings. The predicted octanol–water partition coefficient (Wildman–Crippen LogP) is 7.89. The Hall–Kier alpha value is -4.35. The number of nitrogens with zero attached hydrogens (tertiary/aromatic N) is 1. The monoisotopic (exact) mass is 613 g/mol. The molecule has 2 N–H and O–H groups in total. The van der Waals surface area contributed by atoms with E-state index in [4.69, 9.17) is 23.2 Å². The van der Waals surface area contributed by atoms with Crippen LogP contribution in [0.15, 0.2) is 120 Å². The summed E-state index contributed by atoms with van der Waals surface area (Å²) in [5.74, 6) is -1.95. The first-order chi connectivity index (χ1) is 20.4. The standard InChI is InChI=1S/C33H25Cl2N3O3S/c34-24-15-17-25(18-16-24)37-31(40)21-42-33(38-32(41)23-11-5-2-6-12-23)28(20-36)27(26-13-7-8-14-29(26)35)19-30(39)22-9-3-1-4-10-22/h1-18,27H,19,21H2,(H,37,40)(H,38,41)/b33-28+/t27-/m1/s1. The van der Waals surface area contributed by atoms with Crippen molar-refractivity contribution in [1.29, 1.82) is 5.26 Å². The molecule has 0 spiro atoms. The van der Waals surface area contributed by atoms with E-state index in [1.54, 1.807) is 103 Å². The van der Waals surface area contributed by atoms with E-state index in [2.05, 4.69) is 16.7 Å². The number of rotatable bonds is 11. The first kappa shape index (κ1) is 30.6. The van der Waals surface area contributed by atoms with Gasteiger partial charge in [-0.1, -0.05) is 102 Å². The van der Waals surface area contributed by atoms with E-state index in [1.807, 2.05) is 6.07 Å². The SMILES string of the molecule is N#C/C(=C(/NC(=O)c1ccccc1)SCC(=O)Nc1ccc(Cl)cc1)[C@H](CC(=O)c1ccccc1)c1ccccc1Cl. The lowest BCUT2D eigenvalue weighted by molar-refractivity contribution is -0.113. The van der Waals surface area contributed by atoms with Crippen LogP contribution in [0.4, 0.5) is 5.69 Å². The van der Waals surface area contributed by atoms with Gasteiger partial charge in [0.25, 0.3) is 5.91 Å². The minimum absolute atomic E-state index is 0.0844. The van der Waals surface area contributed by atoms with E-state index in [1.165, 1.54) is 0 Å². The highest BCUT2D eigenvalue weighted by molar-refractivity contribution is 8.03. The third-order valence-electron chi connectivity index (χ3n) is 6.22. The van der Waals surface area contributed by atoms with Crippen LogP contribution in [0.1, 0.15) is 38.6 Å². The van der Waals surface area contributed by atoms with Crippen molar-refractivity contribution in [3.8, 4) is 6.07 Å². The molecule has 4 aromatic carbocycles. The van der Waals surface area contributed by atoms with Crippen molar-refractivity contribution in [2.24, 2.45) is 0 Å². The predicted molar refractivity (Wildman–Crippen MR) is 169 cm³/mol. The summed E-state index contributed by atoms with van der Waals surface area (Å²) in [6.45, 7) is 0. The zero-order valence-electron chi connectivity index (χ0n) is 22.2. The molecule has 9 heteroatoms. The van der Waals surface area contributed by atoms with E-state index in [9.17, 15) is 19.6 Å². The number of hydrogen-bond acceptors (Lipinski definition) is 5. The molecule has 0 radical (unpaired) electrons. The van der Waals surface area contributed by atoms with Crippen molar-refractivity contribution in [3.05, 3.63) is 147 Å². The van der Waals surface area contributed by atoms with Crippen molar-refractivity contribution >= 4 is 58.2 Å². The zero-order valence-corrected chi connectivity index (χ0v) is 24.5. The number of carbonyl (C=O) groups is 3. The quantitative estimate of drug-likeness (QED) is 0.132. The molecule has 6 nitrogen and oxygen atoms in total. The molecule has 4 aromatic rings. The van der Waals surface area contributed by atoms with Crippen LogP contribution in [0.2, 0.25) is 10.0 Å². The van der Waals surface area contributed by atoms with Crippen LogP contribution in [0.25, 0.3) is 0 Å². The Morgan fingerprint density at radius 3 is 2.00 bits per heavy atom. The van der Waals surface area contributed by atoms with Crippen LogP contribution in [0.3, 0.4) is 0 Å². The molecule has 42 heavy (non-hydrogen) atoms. The zero-order chi connectivity index (χ0) is 29.9. The minimum atomic E-state index is -0.797. The summed E-state index contributed by atoms with van der Waals surface area (Å²) in [4.78, 5) is 39.5. The summed E-state index contributed by atoms with van der Waals surface area (Å²) in [7, 11) is 0. The van der Waals surface area contributed by atoms with Crippen molar-refractivity contribution < 1.29 is 14.4 Å². The van der Waals surface area contributed by atoms with Gasteiger partial charge in [-0.2, -0.15) is 5.26 Å². The number of carbonyl (C=O) groups excluding carboxylic acids is 3. The van der Waals surface area contributed by atoms with Crippen molar-refractivity contribution in [3.63, 3.8) is 0 Å². The lowest BCUT2D eigenvalue weighted by Crippen LogP contribution is -2.25. The van der Waals surface area contributed by atoms with Gasteiger partial charge in [0, 0.05) is 39.2 Å². The largest absolute Gasteiger partial charge is 0.325 e. The molecule has 0 unspecified atom stereocenters. The smallest absolute Gasteiger partial charge is 0.256 e. The lowest BCUT2D eigenvalue weighted by Gasteiger charge is -2.21. The highest BCUT2D eigenvalue weighted by Crippen LogP contribution is 2.37. The Bertz CT molecular complexity index is 1640. The summed E-state index contributed by atoms with van der Waals surface area (Å²) >= 11 is 13.5. The average Bonchev–Trinajstić information content (AvgIpc) is 3.01. The van der Waals surface area contributed by atoms with Crippen molar-refractivity contribution in [2.75, 3.05) is 11.1 Å². The maximum Gasteiger partial charge on any atom is 0.256 e. The van der Waals surface area contributed by atoms with Gasteiger partial charge in [-0.05, 0) is 48.0 Å². The van der Waals surface area contributed by atoms with Crippen LogP contribution in [-0.2, 0) is 4.79 Å². The minimum Gasteiger partial charge on any atom is -0.325 e. The molecule has 1 atom stereocenters. The van der Waals surface area contributed by atoms with E-state index < -0.39 is 11.8 Å². The van der Waals surface area contributed by atoms with Crippen molar-refractivity contribution in [2.45, 2.75) is 12.3 Å². The Morgan fingerprint density at radius 2 is 1.38 bits per heavy atom. The third-order valence-corrected chi connectivity index (χ3v) is 7.83. The van der Waals surface area contributed by atoms with Crippen LogP contribution in [0, 0.1) is 11.3 Å². The molecular formula is C33H25Cl2N3O3S. The first-order valence-corrected chi connectivity index (χ1v) is 14.6. The molecule has 4 rings (SSSR count). The molecule has 0 bridgehead atoms. The normalized spacial score (nSPS) is 11.9. The first-order valence-electron chi connectivity index (χ1n) is 12.9. The number of benzene rings is 4. The maximum absolute atomic E-state index is 13.4. The van der Waals surface area contributed by atoms with Gasteiger partial charge in [-0.15, -0.1) is 0 Å². The molecule has 0 aliphatic carbocycles. The number of anilines is 1. The van der Waals surface area contributed by atoms with Gasteiger partial charge in [-0.25, -0.2) is 0 Å². The Labute approximate surface area is 258 Å². The fraction of sp³-hybridized carbons (Fsp3) is 0.0909. The van der Waals surface area contributed by atoms with Gasteiger partial charge in [0.05, 0.1) is 22.4 Å². The molecule has 0 heterocycles. The van der Waals surface area contributed by atoms with Crippen molar-refractivity contribution in [1.82, 2.24) is 5.32 Å². The van der Waals surface area contributed by atoms with E-state index in [0.29, 0.717) is 32.4 Å². The maximum atomic E-state index is 13.4. The Morgan fingerprint density at radius 1 is 0.786 bits per heavy atom. The van der Waals surface area contributed by atoms with Gasteiger partial charge in [0.1, 0.15) is 0 Å². The second kappa shape index (κ2) is 15.0. The molecule has 0 aromatic heterocycles. The number of amides is 2. The van der Waals surface area contributed by atoms with Gasteiger partial charge in [0.15, 0.2) is 5.78 Å². The average molecular weight is 615 g/mol. The fourth-order valence-electron chi connectivity index (χ4n) is 4.15. The molecule has 0 aliphatic heterocycles. The van der Waals surface area contributed by atoms with Crippen LogP contribution in [0.5, 0.6) is 0 Å². The molecule has 2 amide bonds. The summed E-state index contributed by atoms with van der Waals surface area (Å²) < 4.78 is 0. The molecular weight excluding hydrogens is 589 g/mol. The number of ketones is 1. The highest BCUT2D eigenvalue weighted by Gasteiger charge is 2.28.